The van der Waals surface area contributed by atoms with Crippen molar-refractivity contribution in [3.63, 3.8) is 0 Å². The standard InChI is InChI=1S/C20H17ClFN5O3/c1-2-11-3-5-12(6-4-11)23-16(28)10-26-18-17(24-25-26)19(29)27(20(18)30)13-7-8-15(22)14(21)9-13/h3-9,17-18H,2,10H2,1H3,(H,23,28)/t17-,18-/m1/s1. The van der Waals surface area contributed by atoms with Gasteiger partial charge in [0, 0.05) is 5.69 Å². The molecule has 10 heteroatoms. The molecule has 2 aliphatic heterocycles. The Hall–Kier alpha value is -3.33. The van der Waals surface area contributed by atoms with E-state index in [-0.39, 0.29) is 17.3 Å². The van der Waals surface area contributed by atoms with Gasteiger partial charge in [-0.05, 0) is 42.3 Å². The molecule has 0 spiro atoms. The lowest BCUT2D eigenvalue weighted by Gasteiger charge is -2.20. The molecule has 0 unspecified atom stereocenters. The second kappa shape index (κ2) is 7.83. The SMILES string of the molecule is CCc1ccc(NC(=O)CN2N=N[C@H]3C(=O)N(c4ccc(F)c(Cl)c4)C(=O)[C@@H]32)cc1. The fourth-order valence-corrected chi connectivity index (χ4v) is 3.58. The highest BCUT2D eigenvalue weighted by Crippen LogP contribution is 2.33. The Bertz CT molecular complexity index is 1060. The number of amides is 3. The zero-order valence-corrected chi connectivity index (χ0v) is 16.6. The molecule has 2 heterocycles. The van der Waals surface area contributed by atoms with Gasteiger partial charge in [0.15, 0.2) is 12.1 Å². The molecule has 0 radical (unpaired) electrons. The zero-order chi connectivity index (χ0) is 21.4. The number of halogens is 2. The van der Waals surface area contributed by atoms with Crippen LogP contribution in [0.15, 0.2) is 52.8 Å². The first-order chi connectivity index (χ1) is 14.4. The number of hydrogen-bond acceptors (Lipinski definition) is 6. The summed E-state index contributed by atoms with van der Waals surface area (Å²) in [7, 11) is 0. The third-order valence-electron chi connectivity index (χ3n) is 4.97. The van der Waals surface area contributed by atoms with Crippen LogP contribution in [0.5, 0.6) is 0 Å². The molecular weight excluding hydrogens is 413 g/mol. The van der Waals surface area contributed by atoms with E-state index in [0.717, 1.165) is 23.0 Å². The van der Waals surface area contributed by atoms with E-state index >= 15 is 0 Å². The molecule has 2 aromatic rings. The van der Waals surface area contributed by atoms with Crippen molar-refractivity contribution in [3.05, 3.63) is 58.9 Å². The van der Waals surface area contributed by atoms with Gasteiger partial charge in [-0.3, -0.25) is 19.4 Å². The van der Waals surface area contributed by atoms with E-state index in [0.29, 0.717) is 5.69 Å². The first-order valence-electron chi connectivity index (χ1n) is 9.28. The molecule has 8 nitrogen and oxygen atoms in total. The third kappa shape index (κ3) is 3.52. The van der Waals surface area contributed by atoms with E-state index < -0.39 is 35.6 Å². The fraction of sp³-hybridized carbons (Fsp3) is 0.250. The number of benzene rings is 2. The lowest BCUT2D eigenvalue weighted by Crippen LogP contribution is -2.43. The minimum Gasteiger partial charge on any atom is -0.324 e. The number of aryl methyl sites for hydroxylation is 1. The number of carbonyl (C=O) groups excluding carboxylic acids is 3. The zero-order valence-electron chi connectivity index (χ0n) is 15.9. The van der Waals surface area contributed by atoms with Crippen molar-refractivity contribution in [2.24, 2.45) is 10.3 Å². The predicted octanol–water partition coefficient (Wildman–Crippen LogP) is 2.97. The van der Waals surface area contributed by atoms with Crippen LogP contribution in [0.25, 0.3) is 0 Å². The summed E-state index contributed by atoms with van der Waals surface area (Å²) in [6.07, 6.45) is 0.886. The van der Waals surface area contributed by atoms with Crippen LogP contribution >= 0.6 is 11.6 Å². The summed E-state index contributed by atoms with van der Waals surface area (Å²) in [4.78, 5) is 38.9. The second-order valence-corrected chi connectivity index (χ2v) is 7.31. The van der Waals surface area contributed by atoms with Crippen LogP contribution in [0, 0.1) is 5.82 Å². The Labute approximate surface area is 176 Å². The third-order valence-corrected chi connectivity index (χ3v) is 5.26. The molecular formula is C20H17ClFN5O3. The number of hydrogen-bond donors (Lipinski definition) is 1. The molecule has 0 bridgehead atoms. The molecule has 1 saturated heterocycles. The lowest BCUT2D eigenvalue weighted by atomic mass is 10.1. The topological polar surface area (TPSA) is 94.4 Å². The molecule has 30 heavy (non-hydrogen) atoms. The number of anilines is 2. The van der Waals surface area contributed by atoms with Gasteiger partial charge >= 0.3 is 0 Å². The molecule has 2 aliphatic rings. The molecule has 0 saturated carbocycles. The van der Waals surface area contributed by atoms with Crippen molar-refractivity contribution in [2.75, 3.05) is 16.8 Å². The van der Waals surface area contributed by atoms with Gasteiger partial charge in [-0.25, -0.2) is 9.29 Å². The normalized spacial score (nSPS) is 20.1. The van der Waals surface area contributed by atoms with Crippen LogP contribution in [0.3, 0.4) is 0 Å². The highest BCUT2D eigenvalue weighted by atomic mass is 35.5. The van der Waals surface area contributed by atoms with Gasteiger partial charge in [-0.2, -0.15) is 5.11 Å². The number of rotatable bonds is 5. The van der Waals surface area contributed by atoms with Crippen LogP contribution in [-0.4, -0.2) is 41.4 Å². The van der Waals surface area contributed by atoms with Crippen molar-refractivity contribution >= 4 is 40.7 Å². The number of nitrogens with zero attached hydrogens (tertiary/aromatic N) is 4. The van der Waals surface area contributed by atoms with Crippen molar-refractivity contribution in [3.8, 4) is 0 Å². The predicted molar refractivity (Wildman–Crippen MR) is 107 cm³/mol. The summed E-state index contributed by atoms with van der Waals surface area (Å²) in [5.41, 5.74) is 1.89. The Morgan fingerprint density at radius 1 is 1.17 bits per heavy atom. The second-order valence-electron chi connectivity index (χ2n) is 6.90. The monoisotopic (exact) mass is 429 g/mol. The smallest absolute Gasteiger partial charge is 0.263 e. The van der Waals surface area contributed by atoms with Gasteiger partial charge in [-0.1, -0.05) is 35.9 Å². The number of nitrogens with one attached hydrogen (secondary N) is 1. The quantitative estimate of drug-likeness (QED) is 0.739. The minimum absolute atomic E-state index is 0.140. The van der Waals surface area contributed by atoms with Crippen molar-refractivity contribution in [1.82, 2.24) is 5.01 Å². The first kappa shape index (κ1) is 20.0. The van der Waals surface area contributed by atoms with Crippen molar-refractivity contribution in [2.45, 2.75) is 25.4 Å². The van der Waals surface area contributed by atoms with E-state index in [1.165, 1.54) is 17.1 Å². The summed E-state index contributed by atoms with van der Waals surface area (Å²) in [6.45, 7) is 1.78. The molecule has 1 fully saturated rings. The van der Waals surface area contributed by atoms with Gasteiger partial charge in [0.2, 0.25) is 5.91 Å². The Morgan fingerprint density at radius 2 is 1.90 bits per heavy atom. The number of imide groups is 1. The Balaban J connectivity index is 1.47. The average molecular weight is 430 g/mol. The highest BCUT2D eigenvalue weighted by Gasteiger charge is 2.55. The summed E-state index contributed by atoms with van der Waals surface area (Å²) in [5.74, 6) is -2.26. The maximum atomic E-state index is 13.4. The van der Waals surface area contributed by atoms with E-state index in [2.05, 4.69) is 15.7 Å². The lowest BCUT2D eigenvalue weighted by molar-refractivity contribution is -0.123. The van der Waals surface area contributed by atoms with Gasteiger partial charge < -0.3 is 5.32 Å². The van der Waals surface area contributed by atoms with E-state index in [1.807, 2.05) is 19.1 Å². The van der Waals surface area contributed by atoms with Gasteiger partial charge in [0.25, 0.3) is 11.8 Å². The first-order valence-corrected chi connectivity index (χ1v) is 9.66. The van der Waals surface area contributed by atoms with E-state index in [1.54, 1.807) is 12.1 Å². The number of fused-ring (bicyclic) bond motifs is 1. The molecule has 0 aliphatic carbocycles. The largest absolute Gasteiger partial charge is 0.324 e. The van der Waals surface area contributed by atoms with Gasteiger partial charge in [0.05, 0.1) is 10.7 Å². The molecule has 1 N–H and O–H groups in total. The molecule has 2 atom stereocenters. The van der Waals surface area contributed by atoms with Crippen LogP contribution in [0.2, 0.25) is 5.02 Å². The maximum Gasteiger partial charge on any atom is 0.263 e. The summed E-state index contributed by atoms with van der Waals surface area (Å²) >= 11 is 5.77. The van der Waals surface area contributed by atoms with Crippen molar-refractivity contribution < 1.29 is 18.8 Å². The van der Waals surface area contributed by atoms with Gasteiger partial charge in [-0.15, -0.1) is 0 Å². The molecule has 0 aromatic heterocycles. The molecule has 2 aromatic carbocycles. The van der Waals surface area contributed by atoms with Crippen LogP contribution in [0.4, 0.5) is 15.8 Å². The summed E-state index contributed by atoms with van der Waals surface area (Å²) in [5, 5.41) is 11.4. The minimum atomic E-state index is -1.06. The summed E-state index contributed by atoms with van der Waals surface area (Å²) in [6, 6.07) is 8.85. The molecule has 4 rings (SSSR count). The maximum absolute atomic E-state index is 13.4. The highest BCUT2D eigenvalue weighted by molar-refractivity contribution is 6.32. The average Bonchev–Trinajstić information content (AvgIpc) is 3.24. The Kier molecular flexibility index (Phi) is 5.21. The van der Waals surface area contributed by atoms with E-state index in [4.69, 9.17) is 11.6 Å². The van der Waals surface area contributed by atoms with Crippen LogP contribution in [-0.2, 0) is 20.8 Å². The molecule has 3 amide bonds. The van der Waals surface area contributed by atoms with Crippen LogP contribution < -0.4 is 10.2 Å². The van der Waals surface area contributed by atoms with Crippen LogP contribution in [0.1, 0.15) is 12.5 Å². The number of carbonyl (C=O) groups is 3. The summed E-state index contributed by atoms with van der Waals surface area (Å²) < 4.78 is 13.4. The van der Waals surface area contributed by atoms with Gasteiger partial charge in [0.1, 0.15) is 12.4 Å². The molecule has 154 valence electrons. The van der Waals surface area contributed by atoms with E-state index in [9.17, 15) is 18.8 Å². The fourth-order valence-electron chi connectivity index (χ4n) is 3.40. The Morgan fingerprint density at radius 3 is 2.57 bits per heavy atom. The van der Waals surface area contributed by atoms with Crippen molar-refractivity contribution in [1.29, 1.82) is 0 Å².